The van der Waals surface area contributed by atoms with Crippen LogP contribution in [0.5, 0.6) is 0 Å². The molecular formula is C21H25N5O2. The van der Waals surface area contributed by atoms with Crippen molar-refractivity contribution >= 4 is 11.7 Å². The molecule has 0 aliphatic carbocycles. The van der Waals surface area contributed by atoms with Crippen molar-refractivity contribution in [3.63, 3.8) is 0 Å². The maximum atomic E-state index is 12.5. The van der Waals surface area contributed by atoms with Gasteiger partial charge in [-0.2, -0.15) is 10.2 Å². The lowest BCUT2D eigenvalue weighted by molar-refractivity contribution is -0.122. The van der Waals surface area contributed by atoms with Crippen LogP contribution in [-0.4, -0.2) is 31.7 Å². The Bertz CT molecular complexity index is 988. The van der Waals surface area contributed by atoms with Crippen LogP contribution in [-0.2, 0) is 11.3 Å². The second kappa shape index (κ2) is 8.21. The number of H-pyrrole nitrogens is 1. The number of aryl methyl sites for hydroxylation is 1. The Hall–Kier alpha value is -3.22. The number of benzene rings is 1. The number of nitrogens with zero attached hydrogens (tertiary/aromatic N) is 3. The molecule has 3 aromatic rings. The third-order valence-electron chi connectivity index (χ3n) is 4.83. The van der Waals surface area contributed by atoms with Gasteiger partial charge in [-0.3, -0.25) is 19.4 Å². The van der Waals surface area contributed by atoms with E-state index in [0.29, 0.717) is 17.8 Å². The average molecular weight is 379 g/mol. The molecule has 2 aromatic heterocycles. The number of nitrogens with one attached hydrogen (secondary N) is 2. The van der Waals surface area contributed by atoms with E-state index in [9.17, 15) is 9.59 Å². The molecule has 1 atom stereocenters. The molecule has 1 aromatic carbocycles. The fraction of sp³-hybridized carbons (Fsp3) is 0.333. The van der Waals surface area contributed by atoms with Crippen molar-refractivity contribution in [1.29, 1.82) is 0 Å². The zero-order chi connectivity index (χ0) is 20.3. The maximum Gasteiger partial charge on any atom is 0.222 e. The van der Waals surface area contributed by atoms with E-state index in [1.807, 2.05) is 51.1 Å². The third kappa shape index (κ3) is 4.03. The largest absolute Gasteiger partial charge is 0.352 e. The van der Waals surface area contributed by atoms with Gasteiger partial charge in [-0.1, -0.05) is 30.3 Å². The average Bonchev–Trinajstić information content (AvgIpc) is 3.24. The number of carbonyl (C=O) groups is 2. The lowest BCUT2D eigenvalue weighted by atomic mass is 10.1. The molecule has 0 bridgehead atoms. The molecule has 2 heterocycles. The zero-order valence-electron chi connectivity index (χ0n) is 16.6. The second-order valence-corrected chi connectivity index (χ2v) is 7.01. The standard InChI is InChI=1S/C21H25N5O2/c1-13(26-15(3)20(16(4)27)14(2)25-26)10-19(28)22-11-18-12-23-24-21(18)17-8-6-5-7-9-17/h5-9,12-13H,10-11H2,1-4H3,(H,22,28)(H,23,24). The molecule has 3 rings (SSSR count). The maximum absolute atomic E-state index is 12.5. The summed E-state index contributed by atoms with van der Waals surface area (Å²) in [6.07, 6.45) is 2.00. The predicted molar refractivity (Wildman–Crippen MR) is 107 cm³/mol. The van der Waals surface area contributed by atoms with E-state index in [2.05, 4.69) is 20.6 Å². The van der Waals surface area contributed by atoms with Crippen LogP contribution in [0.25, 0.3) is 11.3 Å². The summed E-state index contributed by atoms with van der Waals surface area (Å²) in [4.78, 5) is 24.2. The van der Waals surface area contributed by atoms with Gasteiger partial charge in [0.15, 0.2) is 5.78 Å². The first-order valence-electron chi connectivity index (χ1n) is 9.29. The molecule has 1 amide bonds. The molecule has 28 heavy (non-hydrogen) atoms. The van der Waals surface area contributed by atoms with Crippen molar-refractivity contribution in [3.8, 4) is 11.3 Å². The van der Waals surface area contributed by atoms with E-state index in [4.69, 9.17) is 0 Å². The summed E-state index contributed by atoms with van der Waals surface area (Å²) in [5.41, 5.74) is 4.99. The van der Waals surface area contributed by atoms with Gasteiger partial charge in [0.05, 0.1) is 29.2 Å². The highest BCUT2D eigenvalue weighted by Gasteiger charge is 2.20. The predicted octanol–water partition coefficient (Wildman–Crippen LogP) is 3.36. The third-order valence-corrected chi connectivity index (χ3v) is 4.83. The first-order valence-corrected chi connectivity index (χ1v) is 9.29. The van der Waals surface area contributed by atoms with Crippen LogP contribution in [0.3, 0.4) is 0 Å². The lowest BCUT2D eigenvalue weighted by Gasteiger charge is -2.14. The monoisotopic (exact) mass is 379 g/mol. The minimum atomic E-state index is -0.148. The van der Waals surface area contributed by atoms with Gasteiger partial charge in [0.25, 0.3) is 0 Å². The molecule has 7 nitrogen and oxygen atoms in total. The molecule has 0 saturated heterocycles. The lowest BCUT2D eigenvalue weighted by Crippen LogP contribution is -2.26. The van der Waals surface area contributed by atoms with Crippen LogP contribution < -0.4 is 5.32 Å². The molecule has 1 unspecified atom stereocenters. The Labute approximate surface area is 164 Å². The smallest absolute Gasteiger partial charge is 0.222 e. The van der Waals surface area contributed by atoms with Gasteiger partial charge in [-0.15, -0.1) is 0 Å². The molecule has 0 fully saturated rings. The number of Topliss-reactive ketones (excluding diaryl/α,β-unsaturated/α-hetero) is 1. The quantitative estimate of drug-likeness (QED) is 0.616. The van der Waals surface area contributed by atoms with Gasteiger partial charge in [-0.25, -0.2) is 0 Å². The minimum absolute atomic E-state index is 0.00805. The Balaban J connectivity index is 1.64. The van der Waals surface area contributed by atoms with Crippen LogP contribution in [0.15, 0.2) is 36.5 Å². The van der Waals surface area contributed by atoms with E-state index in [0.717, 1.165) is 22.5 Å². The highest BCUT2D eigenvalue weighted by molar-refractivity contribution is 5.96. The summed E-state index contributed by atoms with van der Waals surface area (Å²) >= 11 is 0. The van der Waals surface area contributed by atoms with Crippen LogP contribution in [0.1, 0.15) is 53.6 Å². The van der Waals surface area contributed by atoms with Crippen molar-refractivity contribution in [2.75, 3.05) is 0 Å². The number of amides is 1. The van der Waals surface area contributed by atoms with E-state index in [1.54, 1.807) is 10.9 Å². The van der Waals surface area contributed by atoms with Crippen molar-refractivity contribution in [1.82, 2.24) is 25.3 Å². The fourth-order valence-corrected chi connectivity index (χ4v) is 3.52. The van der Waals surface area contributed by atoms with Gasteiger partial charge in [-0.05, 0) is 33.3 Å². The number of carbonyl (C=O) groups excluding carboxylic acids is 2. The molecular weight excluding hydrogens is 354 g/mol. The summed E-state index contributed by atoms with van der Waals surface area (Å²) in [7, 11) is 0. The molecule has 0 spiro atoms. The van der Waals surface area contributed by atoms with Crippen molar-refractivity contribution in [3.05, 3.63) is 59.0 Å². The second-order valence-electron chi connectivity index (χ2n) is 7.01. The Kier molecular flexibility index (Phi) is 5.73. The highest BCUT2D eigenvalue weighted by Crippen LogP contribution is 2.22. The molecule has 0 aliphatic rings. The molecule has 146 valence electrons. The Morgan fingerprint density at radius 2 is 1.93 bits per heavy atom. The summed E-state index contributed by atoms with van der Waals surface area (Å²) in [5, 5.41) is 14.5. The van der Waals surface area contributed by atoms with E-state index in [-0.39, 0.29) is 24.2 Å². The highest BCUT2D eigenvalue weighted by atomic mass is 16.1. The number of ketones is 1. The first-order chi connectivity index (χ1) is 13.4. The van der Waals surface area contributed by atoms with Crippen LogP contribution in [0.4, 0.5) is 0 Å². The SMILES string of the molecule is CC(=O)c1c(C)nn(C(C)CC(=O)NCc2cn[nH]c2-c2ccccc2)c1C. The molecule has 0 aliphatic heterocycles. The normalized spacial score (nSPS) is 12.0. The number of aromatic amines is 1. The van der Waals surface area contributed by atoms with Gasteiger partial charge >= 0.3 is 0 Å². The Morgan fingerprint density at radius 3 is 2.57 bits per heavy atom. The topological polar surface area (TPSA) is 92.7 Å². The fourth-order valence-electron chi connectivity index (χ4n) is 3.52. The van der Waals surface area contributed by atoms with Crippen molar-refractivity contribution < 1.29 is 9.59 Å². The summed E-state index contributed by atoms with van der Waals surface area (Å²) in [5.74, 6) is -0.0871. The number of hydrogen-bond donors (Lipinski definition) is 2. The van der Waals surface area contributed by atoms with Crippen molar-refractivity contribution in [2.45, 2.75) is 46.7 Å². The molecule has 7 heteroatoms. The van der Waals surface area contributed by atoms with Crippen LogP contribution >= 0.6 is 0 Å². The van der Waals surface area contributed by atoms with E-state index < -0.39 is 0 Å². The van der Waals surface area contributed by atoms with Gasteiger partial charge in [0.2, 0.25) is 5.91 Å². The van der Waals surface area contributed by atoms with Gasteiger partial charge in [0, 0.05) is 24.2 Å². The molecule has 0 saturated carbocycles. The summed E-state index contributed by atoms with van der Waals surface area (Å²) < 4.78 is 1.76. The Morgan fingerprint density at radius 1 is 1.21 bits per heavy atom. The molecule has 0 radical (unpaired) electrons. The zero-order valence-corrected chi connectivity index (χ0v) is 16.6. The number of rotatable bonds is 7. The van der Waals surface area contributed by atoms with Gasteiger partial charge < -0.3 is 5.32 Å². The first kappa shape index (κ1) is 19.5. The molecule has 2 N–H and O–H groups in total. The summed E-state index contributed by atoms with van der Waals surface area (Å²) in [6.45, 7) is 7.53. The number of hydrogen-bond acceptors (Lipinski definition) is 4. The summed E-state index contributed by atoms with van der Waals surface area (Å²) in [6, 6.07) is 9.73. The number of aromatic nitrogens is 4. The minimum Gasteiger partial charge on any atom is -0.352 e. The van der Waals surface area contributed by atoms with Crippen molar-refractivity contribution in [2.24, 2.45) is 0 Å². The van der Waals surface area contributed by atoms with E-state index in [1.165, 1.54) is 6.92 Å². The van der Waals surface area contributed by atoms with E-state index >= 15 is 0 Å². The van der Waals surface area contributed by atoms with Crippen LogP contribution in [0, 0.1) is 13.8 Å². The van der Waals surface area contributed by atoms with Crippen LogP contribution in [0.2, 0.25) is 0 Å². The van der Waals surface area contributed by atoms with Gasteiger partial charge in [0.1, 0.15) is 0 Å².